The van der Waals surface area contributed by atoms with E-state index >= 15 is 0 Å². The number of hydrogen-bond acceptors (Lipinski definition) is 6. The highest BCUT2D eigenvalue weighted by atomic mass is 16.5. The molecule has 8 nitrogen and oxygen atoms in total. The van der Waals surface area contributed by atoms with E-state index in [1.54, 1.807) is 6.07 Å². The van der Waals surface area contributed by atoms with Crippen LogP contribution in [0.15, 0.2) is 33.8 Å². The number of rotatable bonds is 6. The van der Waals surface area contributed by atoms with Gasteiger partial charge in [-0.15, -0.1) is 0 Å². The molecule has 152 valence electrons. The molecule has 1 aliphatic rings. The summed E-state index contributed by atoms with van der Waals surface area (Å²) in [6.07, 6.45) is 1.65. The maximum absolute atomic E-state index is 10.0. The summed E-state index contributed by atoms with van der Waals surface area (Å²) in [6.45, 7) is 8.31. The van der Waals surface area contributed by atoms with Gasteiger partial charge in [0.25, 0.3) is 0 Å². The molecule has 1 aromatic heterocycles. The van der Waals surface area contributed by atoms with Crippen molar-refractivity contribution in [2.75, 3.05) is 44.7 Å². The Labute approximate surface area is 166 Å². The van der Waals surface area contributed by atoms with Gasteiger partial charge in [0.15, 0.2) is 11.8 Å². The molecule has 3 rings (SSSR count). The van der Waals surface area contributed by atoms with Crippen LogP contribution in [-0.4, -0.2) is 65.9 Å². The third-order valence-corrected chi connectivity index (χ3v) is 4.86. The van der Waals surface area contributed by atoms with Crippen LogP contribution < -0.4 is 10.2 Å². The van der Waals surface area contributed by atoms with Crippen molar-refractivity contribution in [1.29, 1.82) is 0 Å². The lowest BCUT2D eigenvalue weighted by atomic mass is 10.2. The Kier molecular flexibility index (Phi) is 6.73. The van der Waals surface area contributed by atoms with Gasteiger partial charge in [0, 0.05) is 52.1 Å². The smallest absolute Gasteiger partial charge is 0.226 e. The van der Waals surface area contributed by atoms with Gasteiger partial charge in [-0.3, -0.25) is 4.99 Å². The van der Waals surface area contributed by atoms with Gasteiger partial charge in [0.1, 0.15) is 5.75 Å². The summed E-state index contributed by atoms with van der Waals surface area (Å²) in [4.78, 5) is 13.3. The van der Waals surface area contributed by atoms with E-state index in [4.69, 9.17) is 4.52 Å². The summed E-state index contributed by atoms with van der Waals surface area (Å²) >= 11 is 0. The monoisotopic (exact) mass is 386 g/mol. The number of hydrogen-bond donors (Lipinski definition) is 2. The van der Waals surface area contributed by atoms with Gasteiger partial charge in [-0.1, -0.05) is 31.1 Å². The van der Waals surface area contributed by atoms with Crippen LogP contribution in [0.3, 0.4) is 0 Å². The molecule has 0 aliphatic carbocycles. The fraction of sp³-hybridized carbons (Fsp3) is 0.550. The number of phenols is 1. The van der Waals surface area contributed by atoms with E-state index in [1.807, 2.05) is 25.2 Å². The summed E-state index contributed by atoms with van der Waals surface area (Å²) in [5.41, 5.74) is 0.894. The van der Waals surface area contributed by atoms with E-state index < -0.39 is 0 Å². The Morgan fingerprint density at radius 3 is 2.64 bits per heavy atom. The van der Waals surface area contributed by atoms with Crippen molar-refractivity contribution in [1.82, 2.24) is 20.4 Å². The fourth-order valence-electron chi connectivity index (χ4n) is 3.27. The second-order valence-corrected chi connectivity index (χ2v) is 7.24. The molecular weight excluding hydrogens is 356 g/mol. The molecule has 2 aromatic rings. The van der Waals surface area contributed by atoms with Crippen LogP contribution in [0.5, 0.6) is 5.75 Å². The average Bonchev–Trinajstić information content (AvgIpc) is 3.18. The Morgan fingerprint density at radius 1 is 1.25 bits per heavy atom. The molecule has 0 bridgehead atoms. The molecule has 1 aliphatic heterocycles. The number of anilines is 1. The zero-order chi connectivity index (χ0) is 19.9. The van der Waals surface area contributed by atoms with Crippen molar-refractivity contribution in [3.05, 3.63) is 36.0 Å². The number of piperazine rings is 1. The Hall–Kier alpha value is -2.77. The Bertz CT molecular complexity index is 781. The molecule has 0 radical (unpaired) electrons. The van der Waals surface area contributed by atoms with Crippen LogP contribution in [0.25, 0.3) is 0 Å². The molecule has 2 N–H and O–H groups in total. The van der Waals surface area contributed by atoms with Crippen LogP contribution in [0.2, 0.25) is 0 Å². The molecule has 8 heteroatoms. The quantitative estimate of drug-likeness (QED) is 0.447. The summed E-state index contributed by atoms with van der Waals surface area (Å²) in [5, 5.41) is 17.5. The van der Waals surface area contributed by atoms with Gasteiger partial charge in [-0.25, -0.2) is 0 Å². The summed E-state index contributed by atoms with van der Waals surface area (Å²) in [6, 6.07) is 7.49. The number of aliphatic imine (C=N–C) groups is 1. The second-order valence-electron chi connectivity index (χ2n) is 7.24. The molecule has 0 spiro atoms. The molecule has 28 heavy (non-hydrogen) atoms. The molecule has 0 atom stereocenters. The summed E-state index contributed by atoms with van der Waals surface area (Å²) in [7, 11) is 1.81. The van der Waals surface area contributed by atoms with E-state index in [2.05, 4.69) is 44.1 Å². The normalized spacial score (nSPS) is 15.4. The fourth-order valence-corrected chi connectivity index (χ4v) is 3.27. The molecule has 1 fully saturated rings. The number of phenolic OH excluding ortho intramolecular Hbond substituents is 1. The number of aromatic hydroxyl groups is 1. The van der Waals surface area contributed by atoms with E-state index in [0.29, 0.717) is 11.6 Å². The lowest BCUT2D eigenvalue weighted by Gasteiger charge is -2.37. The first-order valence-corrected chi connectivity index (χ1v) is 9.89. The SMILES string of the molecule is CN=C(NCCCc1nc(C(C)C)no1)N1CCN(c2ccccc2O)CC1. The highest BCUT2D eigenvalue weighted by molar-refractivity contribution is 5.80. The highest BCUT2D eigenvalue weighted by Crippen LogP contribution is 2.27. The van der Waals surface area contributed by atoms with Gasteiger partial charge in [-0.2, -0.15) is 4.98 Å². The predicted molar refractivity (Wildman–Crippen MR) is 110 cm³/mol. The summed E-state index contributed by atoms with van der Waals surface area (Å²) < 4.78 is 5.28. The van der Waals surface area contributed by atoms with Crippen molar-refractivity contribution < 1.29 is 9.63 Å². The van der Waals surface area contributed by atoms with Crippen LogP contribution in [0.1, 0.15) is 37.9 Å². The summed E-state index contributed by atoms with van der Waals surface area (Å²) in [5.74, 6) is 2.98. The van der Waals surface area contributed by atoms with Gasteiger partial charge in [0.05, 0.1) is 5.69 Å². The van der Waals surface area contributed by atoms with Gasteiger partial charge >= 0.3 is 0 Å². The van der Waals surface area contributed by atoms with Crippen molar-refractivity contribution in [3.63, 3.8) is 0 Å². The van der Waals surface area contributed by atoms with Crippen LogP contribution in [0.4, 0.5) is 5.69 Å². The van der Waals surface area contributed by atoms with Crippen molar-refractivity contribution >= 4 is 11.6 Å². The zero-order valence-electron chi connectivity index (χ0n) is 16.9. The number of para-hydroxylation sites is 2. The third-order valence-electron chi connectivity index (χ3n) is 4.86. The van der Waals surface area contributed by atoms with E-state index in [9.17, 15) is 5.11 Å². The van der Waals surface area contributed by atoms with Gasteiger partial charge in [-0.05, 0) is 18.6 Å². The van der Waals surface area contributed by atoms with Crippen molar-refractivity contribution in [3.8, 4) is 5.75 Å². The lowest BCUT2D eigenvalue weighted by molar-refractivity contribution is 0.362. The first kappa shape index (κ1) is 20.0. The van der Waals surface area contributed by atoms with Crippen LogP contribution in [-0.2, 0) is 6.42 Å². The molecule has 1 aromatic carbocycles. The van der Waals surface area contributed by atoms with E-state index in [-0.39, 0.29) is 5.92 Å². The van der Waals surface area contributed by atoms with Crippen molar-refractivity contribution in [2.45, 2.75) is 32.6 Å². The number of guanidine groups is 1. The zero-order valence-corrected chi connectivity index (χ0v) is 16.9. The molecule has 1 saturated heterocycles. The van der Waals surface area contributed by atoms with E-state index in [1.165, 1.54) is 0 Å². The second kappa shape index (κ2) is 9.43. The number of aromatic nitrogens is 2. The lowest BCUT2D eigenvalue weighted by Crippen LogP contribution is -2.52. The topological polar surface area (TPSA) is 90.0 Å². The Morgan fingerprint density at radius 2 is 2.00 bits per heavy atom. The number of nitrogens with zero attached hydrogens (tertiary/aromatic N) is 5. The van der Waals surface area contributed by atoms with Crippen LogP contribution in [0, 0.1) is 0 Å². The minimum Gasteiger partial charge on any atom is -0.506 e. The number of aryl methyl sites for hydroxylation is 1. The van der Waals surface area contributed by atoms with Gasteiger partial charge < -0.3 is 24.7 Å². The predicted octanol–water partition coefficient (Wildman–Crippen LogP) is 2.23. The molecule has 0 amide bonds. The Balaban J connectivity index is 1.42. The van der Waals surface area contributed by atoms with Crippen LogP contribution >= 0.6 is 0 Å². The maximum Gasteiger partial charge on any atom is 0.226 e. The molecular formula is C20H30N6O2. The maximum atomic E-state index is 10.0. The van der Waals surface area contributed by atoms with Crippen molar-refractivity contribution in [2.24, 2.45) is 4.99 Å². The standard InChI is InChI=1S/C20H30N6O2/c1-15(2)19-23-18(28-24-19)9-6-10-22-20(21-3)26-13-11-25(12-14-26)16-7-4-5-8-17(16)27/h4-5,7-8,15,27H,6,9-14H2,1-3H3,(H,21,22). The first-order valence-electron chi connectivity index (χ1n) is 9.89. The number of nitrogens with one attached hydrogen (secondary N) is 1. The minimum atomic E-state index is 0.283. The molecule has 0 saturated carbocycles. The number of benzene rings is 1. The minimum absolute atomic E-state index is 0.283. The van der Waals surface area contributed by atoms with E-state index in [0.717, 1.165) is 63.0 Å². The largest absolute Gasteiger partial charge is 0.506 e. The van der Waals surface area contributed by atoms with Gasteiger partial charge in [0.2, 0.25) is 5.89 Å². The third kappa shape index (κ3) is 4.94. The molecule has 2 heterocycles. The highest BCUT2D eigenvalue weighted by Gasteiger charge is 2.21. The molecule has 0 unspecified atom stereocenters. The first-order chi connectivity index (χ1) is 13.6. The average molecular weight is 387 g/mol.